The minimum Gasteiger partial charge on any atom is -0.497 e. The Balaban J connectivity index is 2.12. The number of hydrogen-bond donors (Lipinski definition) is 2. The van der Waals surface area contributed by atoms with E-state index < -0.39 is 0 Å². The predicted octanol–water partition coefficient (Wildman–Crippen LogP) is 3.87. The Labute approximate surface area is 152 Å². The number of rotatable bonds is 4. The zero-order chi connectivity index (χ0) is 18.7. The molecule has 0 aliphatic carbocycles. The Bertz CT molecular complexity index is 1010. The summed E-state index contributed by atoms with van der Waals surface area (Å²) in [5, 5.41) is 16.1. The number of urea groups is 1. The largest absolute Gasteiger partial charge is 0.497 e. The highest BCUT2D eigenvalue weighted by Gasteiger charge is 2.17. The third kappa shape index (κ3) is 3.07. The Morgan fingerprint density at radius 1 is 1.27 bits per heavy atom. The molecule has 2 aromatic carbocycles. The molecule has 6 heteroatoms. The van der Waals surface area contributed by atoms with Crippen molar-refractivity contribution >= 4 is 22.6 Å². The van der Waals surface area contributed by atoms with Crippen LogP contribution in [0.2, 0.25) is 0 Å². The van der Waals surface area contributed by atoms with Crippen molar-refractivity contribution in [3.8, 4) is 23.1 Å². The van der Waals surface area contributed by atoms with Crippen LogP contribution in [0.3, 0.4) is 0 Å². The number of amides is 2. The second-order valence-electron chi connectivity index (χ2n) is 5.84. The fraction of sp³-hybridized carbons (Fsp3) is 0.200. The summed E-state index contributed by atoms with van der Waals surface area (Å²) in [6, 6.07) is 15.2. The van der Waals surface area contributed by atoms with Gasteiger partial charge in [-0.15, -0.1) is 0 Å². The van der Waals surface area contributed by atoms with Gasteiger partial charge < -0.3 is 19.9 Å². The van der Waals surface area contributed by atoms with Crippen molar-refractivity contribution in [3.63, 3.8) is 0 Å². The maximum atomic E-state index is 11.8. The summed E-state index contributed by atoms with van der Waals surface area (Å²) in [6.07, 6.45) is 0. The quantitative estimate of drug-likeness (QED) is 0.751. The molecule has 6 nitrogen and oxygen atoms in total. The third-order valence-electron chi connectivity index (χ3n) is 4.25. The lowest BCUT2D eigenvalue weighted by Crippen LogP contribution is -2.28. The standard InChI is InChI=1S/C20H20N4O2/c1-4-22-20(25)23-14-7-5-6-13(10-14)19-17(12-21)16-9-8-15(26-3)11-18(16)24(19)2/h5-11H,4H2,1-3H3,(H2,22,23,25). The second-order valence-corrected chi connectivity index (χ2v) is 5.84. The molecule has 0 saturated carbocycles. The van der Waals surface area contributed by atoms with Crippen LogP contribution < -0.4 is 15.4 Å². The van der Waals surface area contributed by atoms with E-state index in [0.717, 1.165) is 27.9 Å². The lowest BCUT2D eigenvalue weighted by atomic mass is 10.1. The summed E-state index contributed by atoms with van der Waals surface area (Å²) in [5.41, 5.74) is 3.84. The number of methoxy groups -OCH3 is 1. The van der Waals surface area contributed by atoms with E-state index in [4.69, 9.17) is 4.74 Å². The molecular weight excluding hydrogens is 328 g/mol. The highest BCUT2D eigenvalue weighted by molar-refractivity contribution is 5.96. The first-order valence-electron chi connectivity index (χ1n) is 8.30. The van der Waals surface area contributed by atoms with Crippen molar-refractivity contribution < 1.29 is 9.53 Å². The fourth-order valence-electron chi connectivity index (χ4n) is 3.07. The smallest absolute Gasteiger partial charge is 0.319 e. The van der Waals surface area contributed by atoms with Gasteiger partial charge in [-0.25, -0.2) is 4.79 Å². The molecule has 0 spiro atoms. The average molecular weight is 348 g/mol. The van der Waals surface area contributed by atoms with E-state index in [0.29, 0.717) is 17.8 Å². The van der Waals surface area contributed by atoms with Crippen molar-refractivity contribution in [1.29, 1.82) is 5.26 Å². The van der Waals surface area contributed by atoms with Gasteiger partial charge in [0, 0.05) is 36.3 Å². The minimum atomic E-state index is -0.257. The molecule has 26 heavy (non-hydrogen) atoms. The van der Waals surface area contributed by atoms with Gasteiger partial charge in [0.15, 0.2) is 0 Å². The molecule has 0 aliphatic heterocycles. The number of nitrogens with zero attached hydrogens (tertiary/aromatic N) is 2. The first-order chi connectivity index (χ1) is 12.6. The van der Waals surface area contributed by atoms with Crippen LogP contribution in [0.15, 0.2) is 42.5 Å². The van der Waals surface area contributed by atoms with E-state index >= 15 is 0 Å². The van der Waals surface area contributed by atoms with Crippen LogP contribution in [0.1, 0.15) is 12.5 Å². The van der Waals surface area contributed by atoms with Crippen molar-refractivity contribution in [2.75, 3.05) is 19.0 Å². The van der Waals surface area contributed by atoms with Gasteiger partial charge in [0.25, 0.3) is 0 Å². The Kier molecular flexibility index (Phi) is 4.81. The van der Waals surface area contributed by atoms with Gasteiger partial charge in [-0.05, 0) is 31.2 Å². The van der Waals surface area contributed by atoms with Crippen LogP contribution >= 0.6 is 0 Å². The van der Waals surface area contributed by atoms with Crippen LogP contribution in [0.4, 0.5) is 10.5 Å². The van der Waals surface area contributed by atoms with Crippen LogP contribution in [-0.4, -0.2) is 24.3 Å². The molecule has 3 rings (SSSR count). The lowest BCUT2D eigenvalue weighted by molar-refractivity contribution is 0.252. The number of hydrogen-bond acceptors (Lipinski definition) is 3. The van der Waals surface area contributed by atoms with Crippen molar-refractivity contribution in [2.24, 2.45) is 7.05 Å². The average Bonchev–Trinajstić information content (AvgIpc) is 2.93. The van der Waals surface area contributed by atoms with E-state index in [9.17, 15) is 10.1 Å². The molecule has 3 aromatic rings. The summed E-state index contributed by atoms with van der Waals surface area (Å²) in [6.45, 7) is 2.41. The van der Waals surface area contributed by atoms with Gasteiger partial charge in [-0.2, -0.15) is 5.26 Å². The molecule has 1 aromatic heterocycles. The Morgan fingerprint density at radius 3 is 2.77 bits per heavy atom. The van der Waals surface area contributed by atoms with Crippen molar-refractivity contribution in [3.05, 3.63) is 48.0 Å². The van der Waals surface area contributed by atoms with Gasteiger partial charge in [0.1, 0.15) is 11.8 Å². The Hall–Kier alpha value is -3.46. The van der Waals surface area contributed by atoms with Crippen LogP contribution in [-0.2, 0) is 7.05 Å². The van der Waals surface area contributed by atoms with Gasteiger partial charge in [-0.1, -0.05) is 12.1 Å². The molecule has 0 radical (unpaired) electrons. The number of nitrogens with one attached hydrogen (secondary N) is 2. The number of ether oxygens (including phenoxy) is 1. The summed E-state index contributed by atoms with van der Waals surface area (Å²) >= 11 is 0. The molecule has 0 saturated heterocycles. The van der Waals surface area contributed by atoms with Crippen molar-refractivity contribution in [1.82, 2.24) is 9.88 Å². The molecule has 132 valence electrons. The van der Waals surface area contributed by atoms with Gasteiger partial charge in [0.05, 0.1) is 23.9 Å². The number of anilines is 1. The number of aromatic nitrogens is 1. The van der Waals surface area contributed by atoms with Gasteiger partial charge >= 0.3 is 6.03 Å². The number of fused-ring (bicyclic) bond motifs is 1. The number of nitriles is 1. The molecular formula is C20H20N4O2. The predicted molar refractivity (Wildman–Crippen MR) is 102 cm³/mol. The zero-order valence-corrected chi connectivity index (χ0v) is 15.0. The molecule has 0 bridgehead atoms. The number of carbonyl (C=O) groups excluding carboxylic acids is 1. The molecule has 0 atom stereocenters. The third-order valence-corrected chi connectivity index (χ3v) is 4.25. The van der Waals surface area contributed by atoms with Crippen LogP contribution in [0.25, 0.3) is 22.2 Å². The number of benzene rings is 2. The Morgan fingerprint density at radius 2 is 2.08 bits per heavy atom. The minimum absolute atomic E-state index is 0.257. The number of carbonyl (C=O) groups is 1. The van der Waals surface area contributed by atoms with E-state index in [1.807, 2.05) is 61.0 Å². The maximum absolute atomic E-state index is 11.8. The molecule has 1 heterocycles. The summed E-state index contributed by atoms with van der Waals surface area (Å²) < 4.78 is 7.27. The molecule has 2 N–H and O–H groups in total. The fourth-order valence-corrected chi connectivity index (χ4v) is 3.07. The zero-order valence-electron chi connectivity index (χ0n) is 15.0. The first-order valence-corrected chi connectivity index (χ1v) is 8.30. The molecule has 0 unspecified atom stereocenters. The first kappa shape index (κ1) is 17.4. The second kappa shape index (κ2) is 7.19. The summed E-state index contributed by atoms with van der Waals surface area (Å²) in [5.74, 6) is 0.737. The molecule has 0 fully saturated rings. The lowest BCUT2D eigenvalue weighted by Gasteiger charge is -2.09. The van der Waals surface area contributed by atoms with E-state index in [1.165, 1.54) is 0 Å². The van der Waals surface area contributed by atoms with Crippen molar-refractivity contribution in [2.45, 2.75) is 6.92 Å². The maximum Gasteiger partial charge on any atom is 0.319 e. The summed E-state index contributed by atoms with van der Waals surface area (Å²) in [7, 11) is 3.54. The van der Waals surface area contributed by atoms with E-state index in [1.54, 1.807) is 7.11 Å². The van der Waals surface area contributed by atoms with E-state index in [2.05, 4.69) is 16.7 Å². The SMILES string of the molecule is CCNC(=O)Nc1cccc(-c2c(C#N)c3ccc(OC)cc3n2C)c1. The monoisotopic (exact) mass is 348 g/mol. The van der Waals surface area contributed by atoms with E-state index in [-0.39, 0.29) is 6.03 Å². The van der Waals surface area contributed by atoms with Gasteiger partial charge in [-0.3, -0.25) is 0 Å². The molecule has 2 amide bonds. The number of aryl methyl sites for hydroxylation is 1. The van der Waals surface area contributed by atoms with Crippen LogP contribution in [0.5, 0.6) is 5.75 Å². The topological polar surface area (TPSA) is 79.1 Å². The summed E-state index contributed by atoms with van der Waals surface area (Å²) in [4.78, 5) is 11.8. The highest BCUT2D eigenvalue weighted by atomic mass is 16.5. The molecule has 0 aliphatic rings. The van der Waals surface area contributed by atoms with Gasteiger partial charge in [0.2, 0.25) is 0 Å². The normalized spacial score (nSPS) is 10.4. The highest BCUT2D eigenvalue weighted by Crippen LogP contribution is 2.35. The van der Waals surface area contributed by atoms with Crippen LogP contribution in [0, 0.1) is 11.3 Å².